The molecule has 4 heterocycles. The van der Waals surface area contributed by atoms with Crippen molar-refractivity contribution in [2.24, 2.45) is 5.41 Å². The van der Waals surface area contributed by atoms with Crippen LogP contribution in [0.25, 0.3) is 0 Å². The van der Waals surface area contributed by atoms with Gasteiger partial charge >= 0.3 is 5.97 Å². The standard InChI is InChI=1S/C21H22N2O4/c1-13-19-8-5-10-23-11-9-20(21(19,23)27-26-13)15-6-3-4-7-16(15)22-17(20)14(12-19)18(24)25-2/h3-8,13,22H,9-12H2,1-2H3. The molecule has 2 fully saturated rings. The van der Waals surface area contributed by atoms with Crippen LogP contribution in [-0.2, 0) is 24.7 Å². The lowest BCUT2D eigenvalue weighted by Gasteiger charge is -2.57. The van der Waals surface area contributed by atoms with Crippen LogP contribution in [0.2, 0.25) is 0 Å². The maximum absolute atomic E-state index is 12.9. The number of fused-ring (bicyclic) bond motifs is 1. The highest BCUT2D eigenvalue weighted by Crippen LogP contribution is 2.72. The summed E-state index contributed by atoms with van der Waals surface area (Å²) in [6.07, 6.45) is 5.66. The van der Waals surface area contributed by atoms with Crippen LogP contribution in [-0.4, -0.2) is 42.9 Å². The fourth-order valence-corrected chi connectivity index (χ4v) is 6.44. The van der Waals surface area contributed by atoms with Crippen molar-refractivity contribution in [3.8, 4) is 0 Å². The zero-order valence-corrected chi connectivity index (χ0v) is 15.5. The third kappa shape index (κ3) is 1.44. The third-order valence-electron chi connectivity index (χ3n) is 7.47. The number of esters is 1. The predicted octanol–water partition coefficient (Wildman–Crippen LogP) is 2.49. The Kier molecular flexibility index (Phi) is 2.83. The van der Waals surface area contributed by atoms with Gasteiger partial charge in [0.2, 0.25) is 0 Å². The average Bonchev–Trinajstić information content (AvgIpc) is 3.32. The zero-order chi connectivity index (χ0) is 18.4. The molecule has 2 saturated heterocycles. The van der Waals surface area contributed by atoms with Crippen molar-refractivity contribution < 1.29 is 19.3 Å². The SMILES string of the molecule is COC(=O)C1=C2Nc3ccccc3C23CCN2CC=CC4(C1)C(C)OOC234. The van der Waals surface area contributed by atoms with Gasteiger partial charge in [0.25, 0.3) is 0 Å². The molecule has 5 aliphatic rings. The minimum atomic E-state index is -0.652. The average molecular weight is 366 g/mol. The number of benzene rings is 1. The van der Waals surface area contributed by atoms with Crippen LogP contribution in [0.1, 0.15) is 25.3 Å². The summed E-state index contributed by atoms with van der Waals surface area (Å²) >= 11 is 0. The van der Waals surface area contributed by atoms with Gasteiger partial charge in [-0.15, -0.1) is 0 Å². The Morgan fingerprint density at radius 1 is 1.37 bits per heavy atom. The molecule has 1 aromatic carbocycles. The highest BCUT2D eigenvalue weighted by Gasteiger charge is 2.81. The van der Waals surface area contributed by atoms with Crippen LogP contribution < -0.4 is 5.32 Å². The Morgan fingerprint density at radius 2 is 2.22 bits per heavy atom. The molecule has 4 unspecified atom stereocenters. The number of nitrogens with one attached hydrogen (secondary N) is 1. The number of ether oxygens (including phenoxy) is 1. The lowest BCUT2D eigenvalue weighted by molar-refractivity contribution is -0.363. The molecule has 1 aliphatic carbocycles. The molecule has 140 valence electrons. The van der Waals surface area contributed by atoms with Crippen molar-refractivity contribution in [3.05, 3.63) is 53.3 Å². The Balaban J connectivity index is 1.75. The molecular formula is C21H22N2O4. The van der Waals surface area contributed by atoms with Crippen LogP contribution in [0.5, 0.6) is 0 Å². The molecule has 1 aromatic rings. The summed E-state index contributed by atoms with van der Waals surface area (Å²) in [6.45, 7) is 3.75. The van der Waals surface area contributed by atoms with E-state index in [0.717, 1.165) is 30.9 Å². The van der Waals surface area contributed by atoms with Crippen LogP contribution in [0.3, 0.4) is 0 Å². The highest BCUT2D eigenvalue weighted by atomic mass is 17.2. The molecule has 4 atom stereocenters. The molecule has 6 nitrogen and oxygen atoms in total. The monoisotopic (exact) mass is 366 g/mol. The van der Waals surface area contributed by atoms with E-state index in [1.54, 1.807) is 0 Å². The number of methoxy groups -OCH3 is 1. The number of anilines is 1. The Labute approximate surface area is 157 Å². The van der Waals surface area contributed by atoms with Gasteiger partial charge in [-0.25, -0.2) is 14.6 Å². The molecule has 27 heavy (non-hydrogen) atoms. The third-order valence-corrected chi connectivity index (χ3v) is 7.47. The van der Waals surface area contributed by atoms with Crippen molar-refractivity contribution in [3.63, 3.8) is 0 Å². The van der Waals surface area contributed by atoms with Gasteiger partial charge in [-0.3, -0.25) is 4.90 Å². The predicted molar refractivity (Wildman–Crippen MR) is 97.5 cm³/mol. The summed E-state index contributed by atoms with van der Waals surface area (Å²) in [4.78, 5) is 27.5. The van der Waals surface area contributed by atoms with Crippen molar-refractivity contribution in [2.45, 2.75) is 37.0 Å². The van der Waals surface area contributed by atoms with Crippen molar-refractivity contribution >= 4 is 11.7 Å². The van der Waals surface area contributed by atoms with Crippen LogP contribution in [0, 0.1) is 5.41 Å². The van der Waals surface area contributed by atoms with Gasteiger partial charge in [0.1, 0.15) is 6.10 Å². The van der Waals surface area contributed by atoms with Gasteiger partial charge < -0.3 is 10.1 Å². The smallest absolute Gasteiger partial charge is 0.335 e. The number of carbonyl (C=O) groups excluding carboxylic acids is 1. The number of hydrogen-bond acceptors (Lipinski definition) is 6. The van der Waals surface area contributed by atoms with E-state index in [4.69, 9.17) is 14.5 Å². The molecule has 0 saturated carbocycles. The van der Waals surface area contributed by atoms with Crippen molar-refractivity contribution in [1.29, 1.82) is 0 Å². The van der Waals surface area contributed by atoms with Crippen LogP contribution in [0.15, 0.2) is 47.7 Å². The molecule has 6 rings (SSSR count). The highest BCUT2D eigenvalue weighted by molar-refractivity contribution is 5.93. The van der Waals surface area contributed by atoms with E-state index in [9.17, 15) is 4.79 Å². The first-order valence-electron chi connectivity index (χ1n) is 9.56. The molecular weight excluding hydrogens is 344 g/mol. The lowest BCUT2D eigenvalue weighted by atomic mass is 9.52. The zero-order valence-electron chi connectivity index (χ0n) is 15.5. The number of nitrogens with zero attached hydrogens (tertiary/aromatic N) is 1. The fraction of sp³-hybridized carbons (Fsp3) is 0.476. The second-order valence-corrected chi connectivity index (χ2v) is 8.20. The quantitative estimate of drug-likeness (QED) is 0.468. The van der Waals surface area contributed by atoms with Crippen LogP contribution in [0.4, 0.5) is 5.69 Å². The molecule has 0 aromatic heterocycles. The second-order valence-electron chi connectivity index (χ2n) is 8.20. The van der Waals surface area contributed by atoms with Gasteiger partial charge in [-0.2, -0.15) is 0 Å². The van der Waals surface area contributed by atoms with E-state index >= 15 is 0 Å². The Morgan fingerprint density at radius 3 is 3.07 bits per heavy atom. The number of carbonyl (C=O) groups is 1. The largest absolute Gasteiger partial charge is 0.466 e. The number of rotatable bonds is 1. The second kappa shape index (κ2) is 4.82. The Bertz CT molecular complexity index is 940. The molecule has 0 amide bonds. The summed E-state index contributed by atoms with van der Waals surface area (Å²) < 4.78 is 5.20. The first-order chi connectivity index (χ1) is 13.1. The van der Waals surface area contributed by atoms with E-state index in [2.05, 4.69) is 40.6 Å². The van der Waals surface area contributed by atoms with E-state index < -0.39 is 16.6 Å². The van der Waals surface area contributed by atoms with E-state index in [1.165, 1.54) is 12.7 Å². The summed E-state index contributed by atoms with van der Waals surface area (Å²) in [5.74, 6) is -0.274. The minimum absolute atomic E-state index is 0.166. The van der Waals surface area contributed by atoms with Crippen molar-refractivity contribution in [1.82, 2.24) is 4.90 Å². The van der Waals surface area contributed by atoms with Gasteiger partial charge in [0.15, 0.2) is 5.72 Å². The minimum Gasteiger partial charge on any atom is -0.466 e. The van der Waals surface area contributed by atoms with Crippen LogP contribution >= 0.6 is 0 Å². The van der Waals surface area contributed by atoms with Gasteiger partial charge in [-0.05, 0) is 31.4 Å². The molecule has 2 spiro atoms. The summed E-state index contributed by atoms with van der Waals surface area (Å²) in [5, 5.41) is 3.56. The maximum atomic E-state index is 12.9. The molecule has 4 aliphatic heterocycles. The van der Waals surface area contributed by atoms with Gasteiger partial charge in [-0.1, -0.05) is 30.4 Å². The maximum Gasteiger partial charge on any atom is 0.335 e. The topological polar surface area (TPSA) is 60.0 Å². The van der Waals surface area contributed by atoms with Crippen molar-refractivity contribution in [2.75, 3.05) is 25.5 Å². The molecule has 1 N–H and O–H groups in total. The normalized spacial score (nSPS) is 40.9. The molecule has 6 heteroatoms. The van der Waals surface area contributed by atoms with Gasteiger partial charge in [0, 0.05) is 24.5 Å². The summed E-state index contributed by atoms with van der Waals surface area (Å²) in [5.41, 5.74) is 2.30. The summed E-state index contributed by atoms with van der Waals surface area (Å²) in [6, 6.07) is 8.31. The molecule has 0 radical (unpaired) electrons. The van der Waals surface area contributed by atoms with E-state index in [0.29, 0.717) is 12.0 Å². The van der Waals surface area contributed by atoms with E-state index in [-0.39, 0.29) is 12.1 Å². The van der Waals surface area contributed by atoms with E-state index in [1.807, 2.05) is 13.0 Å². The molecule has 0 bridgehead atoms. The lowest BCUT2D eigenvalue weighted by Crippen LogP contribution is -2.69. The number of para-hydroxylation sites is 1. The fourth-order valence-electron chi connectivity index (χ4n) is 6.44. The first-order valence-corrected chi connectivity index (χ1v) is 9.56. The Hall–Kier alpha value is -2.15. The van der Waals surface area contributed by atoms with Gasteiger partial charge in [0.05, 0.1) is 23.5 Å². The number of hydrogen-bond donors (Lipinski definition) is 1. The first kappa shape index (κ1) is 15.9. The summed E-state index contributed by atoms with van der Waals surface area (Å²) in [7, 11) is 1.45.